The lowest BCUT2D eigenvalue weighted by Crippen LogP contribution is -2.25. The predicted molar refractivity (Wildman–Crippen MR) is 116 cm³/mol. The highest BCUT2D eigenvalue weighted by molar-refractivity contribution is 7.54. The number of hydrogen-bond acceptors (Lipinski definition) is 7. The van der Waals surface area contributed by atoms with E-state index in [4.69, 9.17) is 23.3 Å². The highest BCUT2D eigenvalue weighted by Crippen LogP contribution is 2.48. The van der Waals surface area contributed by atoms with E-state index in [1.54, 1.807) is 21.0 Å². The van der Waals surface area contributed by atoms with Crippen LogP contribution in [-0.4, -0.2) is 45.2 Å². The molecule has 8 heteroatoms. The summed E-state index contributed by atoms with van der Waals surface area (Å²) in [4.78, 5) is 12.2. The first kappa shape index (κ1) is 24.9. The normalized spacial score (nSPS) is 17.0. The van der Waals surface area contributed by atoms with Gasteiger partial charge in [-0.3, -0.25) is 9.36 Å². The van der Waals surface area contributed by atoms with Crippen LogP contribution >= 0.6 is 7.60 Å². The summed E-state index contributed by atoms with van der Waals surface area (Å²) in [7, 11) is -1.68. The zero-order valence-electron chi connectivity index (χ0n) is 18.4. The zero-order chi connectivity index (χ0) is 21.8. The quantitative estimate of drug-likeness (QED) is 0.291. The number of benzene rings is 1. The van der Waals surface area contributed by atoms with Crippen LogP contribution in [0.3, 0.4) is 0 Å². The van der Waals surface area contributed by atoms with Crippen LogP contribution in [0, 0.1) is 0 Å². The van der Waals surface area contributed by atoms with Gasteiger partial charge in [0, 0.05) is 12.8 Å². The molecular formula is C22H35O7P. The number of rotatable bonds is 14. The van der Waals surface area contributed by atoms with Gasteiger partial charge in [0.15, 0.2) is 17.8 Å². The van der Waals surface area contributed by atoms with Gasteiger partial charge in [0.05, 0.1) is 26.9 Å². The number of methoxy groups -OCH3 is 1. The van der Waals surface area contributed by atoms with Crippen LogP contribution in [0.2, 0.25) is 0 Å². The Labute approximate surface area is 179 Å². The summed E-state index contributed by atoms with van der Waals surface area (Å²) in [6.45, 7) is 4.73. The smallest absolute Gasteiger partial charge is 0.338 e. The van der Waals surface area contributed by atoms with Crippen LogP contribution in [0.15, 0.2) is 18.2 Å². The van der Waals surface area contributed by atoms with Crippen molar-refractivity contribution in [1.82, 2.24) is 0 Å². The van der Waals surface area contributed by atoms with Crippen molar-refractivity contribution in [1.29, 1.82) is 0 Å². The number of carbonyl (C=O) groups is 1. The van der Waals surface area contributed by atoms with E-state index in [0.717, 1.165) is 44.3 Å². The third kappa shape index (κ3) is 8.38. The standard InChI is InChI=1S/C22H35O7P/c1-4-27-30(24,28-5-2)17-19(23)11-7-6-10-18-13-14-20(25-3)21(16-18)29-22-12-8-9-15-26-22/h13-14,16,22H,4-12,15,17H2,1-3H3. The van der Waals surface area contributed by atoms with Crippen LogP contribution in [0.1, 0.15) is 57.9 Å². The number of ether oxygens (including phenoxy) is 3. The van der Waals surface area contributed by atoms with Crippen LogP contribution in [0.5, 0.6) is 11.5 Å². The van der Waals surface area contributed by atoms with Crippen molar-refractivity contribution in [3.8, 4) is 11.5 Å². The van der Waals surface area contributed by atoms with Crippen LogP contribution in [0.4, 0.5) is 0 Å². The van der Waals surface area contributed by atoms with Gasteiger partial charge >= 0.3 is 7.60 Å². The summed E-state index contributed by atoms with van der Waals surface area (Å²) in [6, 6.07) is 5.89. The summed E-state index contributed by atoms with van der Waals surface area (Å²) in [6.07, 6.45) is 5.38. The van der Waals surface area contributed by atoms with Crippen molar-refractivity contribution < 1.29 is 32.6 Å². The van der Waals surface area contributed by atoms with Gasteiger partial charge in [-0.05, 0) is 63.6 Å². The predicted octanol–water partition coefficient (Wildman–Crippen LogP) is 5.15. The molecule has 0 aliphatic carbocycles. The van der Waals surface area contributed by atoms with Gasteiger partial charge in [-0.25, -0.2) is 0 Å². The number of hydrogen-bond donors (Lipinski definition) is 0. The highest BCUT2D eigenvalue weighted by Gasteiger charge is 2.27. The maximum Gasteiger partial charge on any atom is 0.338 e. The molecule has 7 nitrogen and oxygen atoms in total. The topological polar surface area (TPSA) is 80.3 Å². The molecule has 0 N–H and O–H groups in total. The van der Waals surface area contributed by atoms with E-state index in [0.29, 0.717) is 24.3 Å². The first-order valence-electron chi connectivity index (χ1n) is 10.8. The molecule has 2 rings (SSSR count). The Kier molecular flexibility index (Phi) is 10.9. The van der Waals surface area contributed by atoms with Crippen molar-refractivity contribution in [3.63, 3.8) is 0 Å². The van der Waals surface area contributed by atoms with Crippen molar-refractivity contribution in [2.75, 3.05) is 33.1 Å². The average Bonchev–Trinajstić information content (AvgIpc) is 2.72. The maximum atomic E-state index is 12.4. The Balaban J connectivity index is 1.81. The van der Waals surface area contributed by atoms with E-state index in [9.17, 15) is 9.36 Å². The molecule has 1 aliphatic rings. The van der Waals surface area contributed by atoms with E-state index >= 15 is 0 Å². The van der Waals surface area contributed by atoms with Crippen molar-refractivity contribution in [2.24, 2.45) is 0 Å². The molecule has 0 amide bonds. The fourth-order valence-corrected chi connectivity index (χ4v) is 5.02. The highest BCUT2D eigenvalue weighted by atomic mass is 31.2. The van der Waals surface area contributed by atoms with Gasteiger partial charge < -0.3 is 23.3 Å². The molecule has 1 fully saturated rings. The van der Waals surface area contributed by atoms with Crippen LogP contribution in [0.25, 0.3) is 0 Å². The number of ketones is 1. The molecule has 0 aromatic heterocycles. The van der Waals surface area contributed by atoms with Gasteiger partial charge in [-0.15, -0.1) is 0 Å². The number of carbonyl (C=O) groups excluding carboxylic acids is 1. The van der Waals surface area contributed by atoms with Gasteiger partial charge in [0.2, 0.25) is 0 Å². The summed E-state index contributed by atoms with van der Waals surface area (Å²) in [5, 5.41) is 0. The van der Waals surface area contributed by atoms with Crippen molar-refractivity contribution >= 4 is 13.4 Å². The second-order valence-corrected chi connectivity index (χ2v) is 9.30. The SMILES string of the molecule is CCOP(=O)(CC(=O)CCCCc1ccc(OC)c(OC2CCCCO2)c1)OCC. The third-order valence-corrected chi connectivity index (χ3v) is 6.86. The lowest BCUT2D eigenvalue weighted by atomic mass is 10.1. The summed E-state index contributed by atoms with van der Waals surface area (Å²) in [5.41, 5.74) is 1.11. The minimum atomic E-state index is -3.31. The van der Waals surface area contributed by atoms with Gasteiger partial charge in [0.25, 0.3) is 0 Å². The second-order valence-electron chi connectivity index (χ2n) is 7.25. The lowest BCUT2D eigenvalue weighted by Gasteiger charge is -2.24. The van der Waals surface area contributed by atoms with Gasteiger partial charge in [-0.1, -0.05) is 6.07 Å². The van der Waals surface area contributed by atoms with Crippen molar-refractivity contribution in [3.05, 3.63) is 23.8 Å². The van der Waals surface area contributed by atoms with E-state index in [1.165, 1.54) is 0 Å². The largest absolute Gasteiger partial charge is 0.493 e. The first-order chi connectivity index (χ1) is 14.5. The zero-order valence-corrected chi connectivity index (χ0v) is 19.3. The lowest BCUT2D eigenvalue weighted by molar-refractivity contribution is -0.117. The Hall–Kier alpha value is -1.40. The van der Waals surface area contributed by atoms with E-state index < -0.39 is 7.60 Å². The number of aryl methyl sites for hydroxylation is 1. The molecule has 1 saturated heterocycles. The molecule has 1 atom stereocenters. The molecule has 1 aromatic carbocycles. The molecule has 30 heavy (non-hydrogen) atoms. The van der Waals surface area contributed by atoms with Crippen molar-refractivity contribution in [2.45, 2.75) is 65.1 Å². The summed E-state index contributed by atoms with van der Waals surface area (Å²) >= 11 is 0. The molecule has 1 unspecified atom stereocenters. The van der Waals surface area contributed by atoms with Crippen LogP contribution in [-0.2, 0) is 29.6 Å². The first-order valence-corrected chi connectivity index (χ1v) is 12.6. The maximum absolute atomic E-state index is 12.4. The minimum absolute atomic E-state index is 0.0894. The molecule has 0 saturated carbocycles. The molecule has 0 bridgehead atoms. The molecule has 0 spiro atoms. The average molecular weight is 442 g/mol. The minimum Gasteiger partial charge on any atom is -0.493 e. The summed E-state index contributed by atoms with van der Waals surface area (Å²) in [5.74, 6) is 1.28. The molecule has 1 aromatic rings. The summed E-state index contributed by atoms with van der Waals surface area (Å²) < 4.78 is 39.9. The van der Waals surface area contributed by atoms with E-state index in [-0.39, 0.29) is 31.4 Å². The molecule has 0 radical (unpaired) electrons. The van der Waals surface area contributed by atoms with Gasteiger partial charge in [0.1, 0.15) is 11.9 Å². The molecule has 1 heterocycles. The molecular weight excluding hydrogens is 407 g/mol. The van der Waals surface area contributed by atoms with E-state index in [1.807, 2.05) is 18.2 Å². The molecule has 170 valence electrons. The third-order valence-electron chi connectivity index (χ3n) is 4.82. The monoisotopic (exact) mass is 442 g/mol. The Morgan fingerprint density at radius 1 is 1.13 bits per heavy atom. The number of unbranched alkanes of at least 4 members (excludes halogenated alkanes) is 1. The Morgan fingerprint density at radius 3 is 2.53 bits per heavy atom. The van der Waals surface area contributed by atoms with Gasteiger partial charge in [-0.2, -0.15) is 0 Å². The van der Waals surface area contributed by atoms with Crippen LogP contribution < -0.4 is 9.47 Å². The van der Waals surface area contributed by atoms with E-state index in [2.05, 4.69) is 0 Å². The second kappa shape index (κ2) is 13.1. The Morgan fingerprint density at radius 2 is 1.90 bits per heavy atom. The fraction of sp³-hybridized carbons (Fsp3) is 0.682. The number of Topliss-reactive ketones (excluding diaryl/α,β-unsaturated/α-hetero) is 1. The Bertz CT molecular complexity index is 691. The fourth-order valence-electron chi connectivity index (χ4n) is 3.38. The molecule has 1 aliphatic heterocycles.